The second kappa shape index (κ2) is 5.56. The fraction of sp³-hybridized carbons (Fsp3) is 0.400. The summed E-state index contributed by atoms with van der Waals surface area (Å²) in [5, 5.41) is 4.62. The van der Waals surface area contributed by atoms with Gasteiger partial charge in [-0.2, -0.15) is 5.10 Å². The van der Waals surface area contributed by atoms with Crippen LogP contribution in [0.15, 0.2) is 28.9 Å². The molecule has 5 heteroatoms. The maximum atomic E-state index is 13.3. The molecule has 1 heterocycles. The second-order valence-electron chi connectivity index (χ2n) is 5.33. The maximum absolute atomic E-state index is 13.3. The van der Waals surface area contributed by atoms with Crippen molar-refractivity contribution in [1.29, 1.82) is 0 Å². The van der Waals surface area contributed by atoms with Crippen LogP contribution in [0.1, 0.15) is 38.1 Å². The van der Waals surface area contributed by atoms with E-state index in [0.29, 0.717) is 16.2 Å². The summed E-state index contributed by atoms with van der Waals surface area (Å²) in [6.45, 7) is 0. The first-order valence-corrected chi connectivity index (χ1v) is 7.74. The number of rotatable bonds is 2. The van der Waals surface area contributed by atoms with Crippen LogP contribution in [0.2, 0.25) is 0 Å². The molecule has 0 radical (unpaired) electrons. The Hall–Kier alpha value is -1.36. The topological polar surface area (TPSA) is 43.8 Å². The van der Waals surface area contributed by atoms with E-state index >= 15 is 0 Å². The van der Waals surface area contributed by atoms with E-state index < -0.39 is 0 Å². The molecular weight excluding hydrogens is 321 g/mol. The Labute approximate surface area is 126 Å². The summed E-state index contributed by atoms with van der Waals surface area (Å²) in [5.41, 5.74) is 8.29. The number of nitrogens with zero attached hydrogens (tertiary/aromatic N) is 2. The second-order valence-corrected chi connectivity index (χ2v) is 6.19. The molecule has 1 aliphatic carbocycles. The molecule has 0 aliphatic heterocycles. The Morgan fingerprint density at radius 1 is 1.25 bits per heavy atom. The molecule has 106 valence electrons. The molecule has 2 aromatic rings. The smallest absolute Gasteiger partial charge is 0.137 e. The molecular formula is C15H17BrFN3. The fourth-order valence-corrected chi connectivity index (χ4v) is 3.18. The predicted octanol–water partition coefficient (Wildman–Crippen LogP) is 4.54. The van der Waals surface area contributed by atoms with Crippen LogP contribution in [-0.2, 0) is 0 Å². The lowest BCUT2D eigenvalue weighted by Gasteiger charge is -2.21. The summed E-state index contributed by atoms with van der Waals surface area (Å²) in [6, 6.07) is 5.31. The maximum Gasteiger partial charge on any atom is 0.137 e. The Bertz CT molecular complexity index is 618. The highest BCUT2D eigenvalue weighted by atomic mass is 79.9. The van der Waals surface area contributed by atoms with Gasteiger partial charge in [0.25, 0.3) is 0 Å². The Kier molecular flexibility index (Phi) is 3.78. The number of aromatic nitrogens is 2. The van der Waals surface area contributed by atoms with Gasteiger partial charge in [0.15, 0.2) is 0 Å². The van der Waals surface area contributed by atoms with Crippen LogP contribution in [0.5, 0.6) is 0 Å². The Balaban J connectivity index is 1.93. The van der Waals surface area contributed by atoms with E-state index in [2.05, 4.69) is 21.0 Å². The molecule has 2 N–H and O–H groups in total. The number of anilines is 1. The number of hydrogen-bond acceptors (Lipinski definition) is 2. The van der Waals surface area contributed by atoms with Crippen molar-refractivity contribution >= 4 is 21.6 Å². The molecule has 3 rings (SSSR count). The van der Waals surface area contributed by atoms with Crippen molar-refractivity contribution in [2.75, 3.05) is 5.73 Å². The van der Waals surface area contributed by atoms with Crippen molar-refractivity contribution in [2.45, 2.75) is 38.1 Å². The van der Waals surface area contributed by atoms with Crippen molar-refractivity contribution in [3.63, 3.8) is 0 Å². The first-order chi connectivity index (χ1) is 9.65. The summed E-state index contributed by atoms with van der Waals surface area (Å²) in [5.74, 6) is -0.279. The highest BCUT2D eigenvalue weighted by Crippen LogP contribution is 2.32. The summed E-state index contributed by atoms with van der Waals surface area (Å²) < 4.78 is 15.7. The monoisotopic (exact) mass is 337 g/mol. The fourth-order valence-electron chi connectivity index (χ4n) is 2.81. The van der Waals surface area contributed by atoms with E-state index in [-0.39, 0.29) is 5.82 Å². The molecule has 1 saturated carbocycles. The molecule has 3 nitrogen and oxygen atoms in total. The van der Waals surface area contributed by atoms with E-state index in [0.717, 1.165) is 24.1 Å². The SMILES string of the molecule is Nc1cn(C2CCCCC2)nc1-c1ccc(F)c(Br)c1. The summed E-state index contributed by atoms with van der Waals surface area (Å²) >= 11 is 3.20. The predicted molar refractivity (Wildman–Crippen MR) is 81.9 cm³/mol. The molecule has 20 heavy (non-hydrogen) atoms. The van der Waals surface area contributed by atoms with Crippen molar-refractivity contribution in [1.82, 2.24) is 9.78 Å². The summed E-state index contributed by atoms with van der Waals surface area (Å²) in [6.07, 6.45) is 8.04. The third-order valence-electron chi connectivity index (χ3n) is 3.90. The number of nitrogen functional groups attached to an aromatic ring is 1. The van der Waals surface area contributed by atoms with Crippen molar-refractivity contribution < 1.29 is 4.39 Å². The van der Waals surface area contributed by atoms with Crippen molar-refractivity contribution in [3.8, 4) is 11.3 Å². The lowest BCUT2D eigenvalue weighted by Crippen LogP contribution is -2.13. The van der Waals surface area contributed by atoms with E-state index in [1.165, 1.54) is 25.3 Å². The van der Waals surface area contributed by atoms with Crippen LogP contribution in [0, 0.1) is 5.82 Å². The van der Waals surface area contributed by atoms with E-state index in [4.69, 9.17) is 5.73 Å². The zero-order valence-corrected chi connectivity index (χ0v) is 12.7. The number of halogens is 2. The largest absolute Gasteiger partial charge is 0.396 e. The lowest BCUT2D eigenvalue weighted by atomic mass is 9.96. The molecule has 0 atom stereocenters. The van der Waals surface area contributed by atoms with Gasteiger partial charge >= 0.3 is 0 Å². The molecule has 0 spiro atoms. The molecule has 0 unspecified atom stereocenters. The van der Waals surface area contributed by atoms with Gasteiger partial charge < -0.3 is 5.73 Å². The van der Waals surface area contributed by atoms with Crippen LogP contribution >= 0.6 is 15.9 Å². The molecule has 1 aliphatic rings. The van der Waals surface area contributed by atoms with E-state index in [9.17, 15) is 4.39 Å². The highest BCUT2D eigenvalue weighted by Gasteiger charge is 2.18. The average Bonchev–Trinajstić information content (AvgIpc) is 2.85. The molecule has 0 amide bonds. The van der Waals surface area contributed by atoms with Crippen LogP contribution in [0.25, 0.3) is 11.3 Å². The average molecular weight is 338 g/mol. The minimum atomic E-state index is -0.279. The van der Waals surface area contributed by atoms with Crippen LogP contribution < -0.4 is 5.73 Å². The van der Waals surface area contributed by atoms with Gasteiger partial charge in [-0.15, -0.1) is 0 Å². The minimum Gasteiger partial charge on any atom is -0.396 e. The normalized spacial score (nSPS) is 16.5. The standard InChI is InChI=1S/C15H17BrFN3/c16-12-8-10(6-7-13(12)17)15-14(18)9-20(19-15)11-4-2-1-3-5-11/h6-9,11H,1-5,18H2. The summed E-state index contributed by atoms with van der Waals surface area (Å²) in [7, 11) is 0. The highest BCUT2D eigenvalue weighted by molar-refractivity contribution is 9.10. The third-order valence-corrected chi connectivity index (χ3v) is 4.51. The van der Waals surface area contributed by atoms with Crippen LogP contribution in [0.4, 0.5) is 10.1 Å². The molecule has 1 fully saturated rings. The quantitative estimate of drug-likeness (QED) is 0.874. The first-order valence-electron chi connectivity index (χ1n) is 6.95. The van der Waals surface area contributed by atoms with Gasteiger partial charge in [0.2, 0.25) is 0 Å². The zero-order valence-electron chi connectivity index (χ0n) is 11.1. The van der Waals surface area contributed by atoms with Crippen LogP contribution in [0.3, 0.4) is 0 Å². The van der Waals surface area contributed by atoms with E-state index in [1.54, 1.807) is 12.1 Å². The van der Waals surface area contributed by atoms with Gasteiger partial charge in [-0.25, -0.2) is 4.39 Å². The minimum absolute atomic E-state index is 0.279. The van der Waals surface area contributed by atoms with Gasteiger partial charge in [-0.3, -0.25) is 4.68 Å². The van der Waals surface area contributed by atoms with Gasteiger partial charge in [0.1, 0.15) is 11.5 Å². The van der Waals surface area contributed by atoms with Gasteiger partial charge in [0.05, 0.1) is 16.2 Å². The van der Waals surface area contributed by atoms with Crippen LogP contribution in [-0.4, -0.2) is 9.78 Å². The molecule has 1 aromatic heterocycles. The lowest BCUT2D eigenvalue weighted by molar-refractivity contribution is 0.330. The van der Waals surface area contributed by atoms with E-state index in [1.807, 2.05) is 10.9 Å². The van der Waals surface area contributed by atoms with Crippen molar-refractivity contribution in [2.24, 2.45) is 0 Å². The van der Waals surface area contributed by atoms with Gasteiger partial charge in [-0.05, 0) is 47.0 Å². The Morgan fingerprint density at radius 3 is 2.70 bits per heavy atom. The third kappa shape index (κ3) is 2.59. The molecule has 0 saturated heterocycles. The van der Waals surface area contributed by atoms with Crippen molar-refractivity contribution in [3.05, 3.63) is 34.7 Å². The zero-order chi connectivity index (χ0) is 14.1. The Morgan fingerprint density at radius 2 is 2.00 bits per heavy atom. The summed E-state index contributed by atoms with van der Waals surface area (Å²) in [4.78, 5) is 0. The number of nitrogens with two attached hydrogens (primary N) is 1. The van der Waals surface area contributed by atoms with Gasteiger partial charge in [0, 0.05) is 11.8 Å². The first kappa shape index (κ1) is 13.6. The molecule has 1 aromatic carbocycles. The number of hydrogen-bond donors (Lipinski definition) is 1. The number of benzene rings is 1. The molecule has 0 bridgehead atoms. The van der Waals surface area contributed by atoms with Gasteiger partial charge in [-0.1, -0.05) is 19.3 Å².